The zero-order valence-electron chi connectivity index (χ0n) is 8.04. The summed E-state index contributed by atoms with van der Waals surface area (Å²) in [6.45, 7) is 4.18. The van der Waals surface area contributed by atoms with Crippen molar-refractivity contribution in [3.8, 4) is 0 Å². The van der Waals surface area contributed by atoms with Gasteiger partial charge in [-0.25, -0.2) is 4.98 Å². The summed E-state index contributed by atoms with van der Waals surface area (Å²) in [5, 5.41) is 4.92. The van der Waals surface area contributed by atoms with E-state index in [1.54, 1.807) is 11.3 Å². The first kappa shape index (κ1) is 9.74. The summed E-state index contributed by atoms with van der Waals surface area (Å²) in [6, 6.07) is 6.24. The lowest BCUT2D eigenvalue weighted by molar-refractivity contribution is 0.897. The Morgan fingerprint density at radius 3 is 2.86 bits per heavy atom. The van der Waals surface area contributed by atoms with E-state index < -0.39 is 0 Å². The Hall–Kier alpha value is -0.800. The summed E-state index contributed by atoms with van der Waals surface area (Å²) in [4.78, 5) is 4.43. The number of thiazole rings is 1. The fourth-order valence-corrected chi connectivity index (χ4v) is 2.54. The third-order valence-corrected chi connectivity index (χ3v) is 3.04. The predicted octanol–water partition coefficient (Wildman–Crippen LogP) is 3.77. The highest BCUT2D eigenvalue weighted by Gasteiger charge is 2.06. The molecule has 74 valence electrons. The maximum absolute atomic E-state index is 6.02. The third kappa shape index (κ3) is 1.83. The van der Waals surface area contributed by atoms with E-state index in [-0.39, 0.29) is 0 Å². The van der Waals surface area contributed by atoms with Crippen molar-refractivity contribution in [2.45, 2.75) is 19.9 Å². The highest BCUT2D eigenvalue weighted by molar-refractivity contribution is 7.22. The van der Waals surface area contributed by atoms with Crippen LogP contribution in [0.3, 0.4) is 0 Å². The fourth-order valence-electron chi connectivity index (χ4n) is 1.22. The van der Waals surface area contributed by atoms with Gasteiger partial charge in [0.25, 0.3) is 0 Å². The zero-order chi connectivity index (χ0) is 10.1. The summed E-state index contributed by atoms with van der Waals surface area (Å²) in [6.07, 6.45) is 0. The summed E-state index contributed by atoms with van der Waals surface area (Å²) in [5.74, 6) is 0. The predicted molar refractivity (Wildman–Crippen MR) is 63.4 cm³/mol. The Morgan fingerprint density at radius 2 is 2.21 bits per heavy atom. The Kier molecular flexibility index (Phi) is 2.61. The lowest BCUT2D eigenvalue weighted by Gasteiger charge is -2.03. The maximum atomic E-state index is 6.02. The van der Waals surface area contributed by atoms with Crippen molar-refractivity contribution in [1.82, 2.24) is 4.98 Å². The molecule has 0 fully saturated rings. The van der Waals surface area contributed by atoms with Crippen molar-refractivity contribution in [2.75, 3.05) is 5.32 Å². The highest BCUT2D eigenvalue weighted by Crippen LogP contribution is 2.30. The Labute approximate surface area is 91.9 Å². The van der Waals surface area contributed by atoms with Crippen LogP contribution in [0.4, 0.5) is 5.13 Å². The van der Waals surface area contributed by atoms with Crippen LogP contribution >= 0.6 is 22.9 Å². The van der Waals surface area contributed by atoms with Crippen LogP contribution < -0.4 is 5.32 Å². The number of benzene rings is 1. The van der Waals surface area contributed by atoms with E-state index in [4.69, 9.17) is 11.6 Å². The van der Waals surface area contributed by atoms with Gasteiger partial charge in [-0.15, -0.1) is 0 Å². The van der Waals surface area contributed by atoms with Crippen molar-refractivity contribution in [2.24, 2.45) is 0 Å². The van der Waals surface area contributed by atoms with Crippen LogP contribution in [0.5, 0.6) is 0 Å². The molecule has 1 N–H and O–H groups in total. The van der Waals surface area contributed by atoms with Gasteiger partial charge >= 0.3 is 0 Å². The van der Waals surface area contributed by atoms with Gasteiger partial charge < -0.3 is 5.32 Å². The Morgan fingerprint density at radius 1 is 1.43 bits per heavy atom. The zero-order valence-corrected chi connectivity index (χ0v) is 9.62. The lowest BCUT2D eigenvalue weighted by atomic mass is 10.3. The molecule has 1 heterocycles. The van der Waals surface area contributed by atoms with Crippen molar-refractivity contribution < 1.29 is 0 Å². The number of nitrogens with zero attached hydrogens (tertiary/aromatic N) is 1. The standard InChI is InChI=1S/C10H11ClN2S/c1-6(2)12-10-13-9-7(11)4-3-5-8(9)14-10/h3-6H,1-2H3,(H,12,13). The number of hydrogen-bond acceptors (Lipinski definition) is 3. The number of anilines is 1. The Bertz CT molecular complexity index is 450. The van der Waals surface area contributed by atoms with Gasteiger partial charge in [-0.3, -0.25) is 0 Å². The maximum Gasteiger partial charge on any atom is 0.184 e. The number of hydrogen-bond donors (Lipinski definition) is 1. The topological polar surface area (TPSA) is 24.9 Å². The molecule has 0 radical (unpaired) electrons. The molecule has 0 aliphatic carbocycles. The van der Waals surface area contributed by atoms with Crippen LogP contribution in [0.2, 0.25) is 5.02 Å². The summed E-state index contributed by atoms with van der Waals surface area (Å²) in [5.41, 5.74) is 0.891. The molecule has 0 spiro atoms. The fraction of sp³-hybridized carbons (Fsp3) is 0.300. The molecule has 0 atom stereocenters. The van der Waals surface area contributed by atoms with E-state index in [0.29, 0.717) is 6.04 Å². The van der Waals surface area contributed by atoms with Gasteiger partial charge in [0.05, 0.1) is 9.72 Å². The normalized spacial score (nSPS) is 11.1. The molecule has 0 bridgehead atoms. The van der Waals surface area contributed by atoms with E-state index >= 15 is 0 Å². The van der Waals surface area contributed by atoms with Crippen molar-refractivity contribution in [3.63, 3.8) is 0 Å². The average molecular weight is 227 g/mol. The first-order chi connectivity index (χ1) is 6.66. The number of aromatic nitrogens is 1. The summed E-state index contributed by atoms with van der Waals surface area (Å²) >= 11 is 7.66. The molecule has 4 heteroatoms. The molecule has 0 saturated carbocycles. The van der Waals surface area contributed by atoms with Crippen LogP contribution in [-0.2, 0) is 0 Å². The van der Waals surface area contributed by atoms with E-state index in [0.717, 1.165) is 20.4 Å². The van der Waals surface area contributed by atoms with Gasteiger partial charge in [-0.05, 0) is 26.0 Å². The molecule has 2 aromatic rings. The largest absolute Gasteiger partial charge is 0.359 e. The van der Waals surface area contributed by atoms with Crippen LogP contribution in [0, 0.1) is 0 Å². The van der Waals surface area contributed by atoms with E-state index in [2.05, 4.69) is 24.1 Å². The molecule has 0 unspecified atom stereocenters. The smallest absolute Gasteiger partial charge is 0.184 e. The van der Waals surface area contributed by atoms with Gasteiger partial charge in [0.2, 0.25) is 0 Å². The monoisotopic (exact) mass is 226 g/mol. The second-order valence-corrected chi connectivity index (χ2v) is 4.84. The number of halogens is 1. The summed E-state index contributed by atoms with van der Waals surface area (Å²) in [7, 11) is 0. The molecule has 1 aromatic carbocycles. The molecule has 0 aliphatic rings. The van der Waals surface area contributed by atoms with Crippen molar-refractivity contribution in [1.29, 1.82) is 0 Å². The number of nitrogens with one attached hydrogen (secondary N) is 1. The Balaban J connectivity index is 2.46. The summed E-state index contributed by atoms with van der Waals surface area (Å²) < 4.78 is 1.13. The number of rotatable bonds is 2. The molecular formula is C10H11ClN2S. The molecule has 2 nitrogen and oxygen atoms in total. The third-order valence-electron chi connectivity index (χ3n) is 1.78. The minimum atomic E-state index is 0.398. The molecule has 0 aliphatic heterocycles. The van der Waals surface area contributed by atoms with Crippen molar-refractivity contribution in [3.05, 3.63) is 23.2 Å². The molecule has 0 saturated heterocycles. The van der Waals surface area contributed by atoms with E-state index in [9.17, 15) is 0 Å². The number of para-hydroxylation sites is 1. The quantitative estimate of drug-likeness (QED) is 0.843. The molecule has 2 rings (SSSR count). The average Bonchev–Trinajstić information content (AvgIpc) is 2.47. The molecule has 0 amide bonds. The van der Waals surface area contributed by atoms with Crippen LogP contribution in [0.1, 0.15) is 13.8 Å². The van der Waals surface area contributed by atoms with Crippen LogP contribution in [-0.4, -0.2) is 11.0 Å². The van der Waals surface area contributed by atoms with E-state index in [1.165, 1.54) is 0 Å². The number of fused-ring (bicyclic) bond motifs is 1. The minimum Gasteiger partial charge on any atom is -0.359 e. The lowest BCUT2D eigenvalue weighted by Crippen LogP contribution is -2.08. The van der Waals surface area contributed by atoms with Crippen molar-refractivity contribution >= 4 is 38.3 Å². The first-order valence-electron chi connectivity index (χ1n) is 4.48. The molecular weight excluding hydrogens is 216 g/mol. The second-order valence-electron chi connectivity index (χ2n) is 3.40. The van der Waals surface area contributed by atoms with Crippen LogP contribution in [0.25, 0.3) is 10.2 Å². The SMILES string of the molecule is CC(C)Nc1nc2c(Cl)cccc2s1. The van der Waals surface area contributed by atoms with Gasteiger partial charge in [-0.2, -0.15) is 0 Å². The van der Waals surface area contributed by atoms with Crippen LogP contribution in [0.15, 0.2) is 18.2 Å². The van der Waals surface area contributed by atoms with E-state index in [1.807, 2.05) is 18.2 Å². The molecule has 14 heavy (non-hydrogen) atoms. The second kappa shape index (κ2) is 3.75. The highest BCUT2D eigenvalue weighted by atomic mass is 35.5. The van der Waals surface area contributed by atoms with Gasteiger partial charge in [-0.1, -0.05) is 29.0 Å². The van der Waals surface area contributed by atoms with Gasteiger partial charge in [0.15, 0.2) is 5.13 Å². The van der Waals surface area contributed by atoms with Gasteiger partial charge in [0, 0.05) is 6.04 Å². The van der Waals surface area contributed by atoms with Gasteiger partial charge in [0.1, 0.15) is 5.52 Å². The molecule has 1 aromatic heterocycles. The minimum absolute atomic E-state index is 0.398. The first-order valence-corrected chi connectivity index (χ1v) is 5.68.